The van der Waals surface area contributed by atoms with Gasteiger partial charge < -0.3 is 25.2 Å². The zero-order chi connectivity index (χ0) is 29.1. The summed E-state index contributed by atoms with van der Waals surface area (Å²) in [6, 6.07) is 18.9. The molecule has 2 aromatic carbocycles. The molecule has 0 aromatic heterocycles. The van der Waals surface area contributed by atoms with Gasteiger partial charge in [0, 0.05) is 32.6 Å². The maximum atomic E-state index is 13.5. The van der Waals surface area contributed by atoms with Crippen LogP contribution in [0.2, 0.25) is 0 Å². The quantitative estimate of drug-likeness (QED) is 0.383. The molecule has 2 saturated heterocycles. The molecular weight excluding hydrogens is 520 g/mol. The Morgan fingerprint density at radius 3 is 2.29 bits per heavy atom. The Bertz CT molecular complexity index is 1170. The van der Waals surface area contributed by atoms with Crippen LogP contribution < -0.4 is 10.6 Å². The van der Waals surface area contributed by atoms with Crippen molar-refractivity contribution in [2.45, 2.75) is 76.5 Å². The first-order valence-electron chi connectivity index (χ1n) is 14.8. The Kier molecular flexibility index (Phi) is 10.8. The van der Waals surface area contributed by atoms with Gasteiger partial charge in [0.25, 0.3) is 0 Å². The minimum absolute atomic E-state index is 0.0504. The van der Waals surface area contributed by atoms with Crippen molar-refractivity contribution in [1.29, 1.82) is 0 Å². The highest BCUT2D eigenvalue weighted by atomic mass is 16.5. The monoisotopic (exact) mass is 562 g/mol. The molecule has 1 atom stereocenters. The fourth-order valence-corrected chi connectivity index (χ4v) is 5.73. The van der Waals surface area contributed by atoms with Crippen molar-refractivity contribution >= 4 is 23.8 Å². The maximum Gasteiger partial charge on any atom is 0.407 e. The van der Waals surface area contributed by atoms with E-state index in [1.165, 1.54) is 0 Å². The first-order valence-corrected chi connectivity index (χ1v) is 14.8. The van der Waals surface area contributed by atoms with Crippen molar-refractivity contribution in [3.05, 3.63) is 71.8 Å². The van der Waals surface area contributed by atoms with Gasteiger partial charge >= 0.3 is 6.09 Å². The number of piperazine rings is 1. The molecular formula is C32H42N4O5. The van der Waals surface area contributed by atoms with Crippen LogP contribution in [0.4, 0.5) is 4.79 Å². The Hall–Kier alpha value is -3.88. The van der Waals surface area contributed by atoms with Crippen LogP contribution in [-0.4, -0.2) is 71.4 Å². The lowest BCUT2D eigenvalue weighted by molar-refractivity contribution is -0.162. The average Bonchev–Trinajstić information content (AvgIpc) is 3.00. The molecule has 0 saturated carbocycles. The third-order valence-corrected chi connectivity index (χ3v) is 8.07. The van der Waals surface area contributed by atoms with Gasteiger partial charge in [-0.3, -0.25) is 14.4 Å². The molecule has 0 bridgehead atoms. The molecule has 4 amide bonds. The van der Waals surface area contributed by atoms with E-state index in [1.54, 1.807) is 4.90 Å². The first kappa shape index (κ1) is 30.1. The minimum Gasteiger partial charge on any atom is -0.445 e. The lowest BCUT2D eigenvalue weighted by atomic mass is 9.81. The molecule has 2 N–H and O–H groups in total. The molecule has 41 heavy (non-hydrogen) atoms. The number of unbranched alkanes of at least 4 members (excludes halogenated alkanes) is 1. The number of ether oxygens (including phenoxy) is 1. The van der Waals surface area contributed by atoms with Gasteiger partial charge in [0.15, 0.2) is 0 Å². The number of carbonyl (C=O) groups is 4. The molecule has 1 spiro atoms. The minimum atomic E-state index is -0.899. The number of hydrogen-bond donors (Lipinski definition) is 2. The van der Waals surface area contributed by atoms with E-state index in [-0.39, 0.29) is 24.3 Å². The predicted molar refractivity (Wildman–Crippen MR) is 156 cm³/mol. The van der Waals surface area contributed by atoms with Crippen molar-refractivity contribution in [3.63, 3.8) is 0 Å². The fourth-order valence-electron chi connectivity index (χ4n) is 5.73. The second-order valence-corrected chi connectivity index (χ2v) is 10.9. The summed E-state index contributed by atoms with van der Waals surface area (Å²) in [5.41, 5.74) is 1.15. The molecule has 220 valence electrons. The summed E-state index contributed by atoms with van der Waals surface area (Å²) in [5, 5.41) is 5.74. The van der Waals surface area contributed by atoms with E-state index in [4.69, 9.17) is 4.74 Å². The molecule has 2 aromatic rings. The summed E-state index contributed by atoms with van der Waals surface area (Å²) in [6.45, 7) is 4.09. The molecule has 0 aliphatic carbocycles. The summed E-state index contributed by atoms with van der Waals surface area (Å²) >= 11 is 0. The average molecular weight is 563 g/mol. The van der Waals surface area contributed by atoms with E-state index >= 15 is 0 Å². The number of nitrogens with one attached hydrogen (secondary N) is 2. The van der Waals surface area contributed by atoms with E-state index in [1.807, 2.05) is 72.5 Å². The van der Waals surface area contributed by atoms with E-state index in [9.17, 15) is 19.2 Å². The van der Waals surface area contributed by atoms with Crippen LogP contribution in [0, 0.1) is 0 Å². The highest BCUT2D eigenvalue weighted by Gasteiger charge is 2.53. The van der Waals surface area contributed by atoms with Crippen LogP contribution >= 0.6 is 0 Å². The van der Waals surface area contributed by atoms with Gasteiger partial charge in [-0.2, -0.15) is 0 Å². The van der Waals surface area contributed by atoms with Gasteiger partial charge in [-0.15, -0.1) is 0 Å². The lowest BCUT2D eigenvalue weighted by Gasteiger charge is -2.51. The van der Waals surface area contributed by atoms with Gasteiger partial charge in [-0.05, 0) is 56.1 Å². The lowest BCUT2D eigenvalue weighted by Crippen LogP contribution is -2.73. The van der Waals surface area contributed by atoms with Gasteiger partial charge in [-0.25, -0.2) is 4.79 Å². The number of piperidine rings is 1. The number of rotatable bonds is 12. The number of nitrogens with zero attached hydrogens (tertiary/aromatic N) is 2. The predicted octanol–water partition coefficient (Wildman–Crippen LogP) is 3.81. The normalized spacial score (nSPS) is 18.2. The third-order valence-electron chi connectivity index (χ3n) is 8.07. The topological polar surface area (TPSA) is 108 Å². The van der Waals surface area contributed by atoms with Crippen LogP contribution in [0.1, 0.15) is 63.0 Å². The zero-order valence-electron chi connectivity index (χ0n) is 24.0. The highest BCUT2D eigenvalue weighted by molar-refractivity contribution is 6.00. The summed E-state index contributed by atoms with van der Waals surface area (Å²) in [7, 11) is 0. The molecule has 4 rings (SSSR count). The van der Waals surface area contributed by atoms with Crippen molar-refractivity contribution in [1.82, 2.24) is 20.4 Å². The maximum absolute atomic E-state index is 13.5. The molecule has 1 unspecified atom stereocenters. The number of amides is 4. The summed E-state index contributed by atoms with van der Waals surface area (Å²) < 4.78 is 5.22. The molecule has 2 aliphatic rings. The molecule has 9 heteroatoms. The van der Waals surface area contributed by atoms with Crippen LogP contribution in [0.3, 0.4) is 0 Å². The second-order valence-electron chi connectivity index (χ2n) is 10.9. The SMILES string of the molecule is CCCN1C(=O)C(CCCCNC(=O)OCc2ccccc2)NC(=O)C12CCN(C(=O)CCc1ccccc1)CC2. The van der Waals surface area contributed by atoms with E-state index < -0.39 is 17.7 Å². The van der Waals surface area contributed by atoms with Crippen LogP contribution in [0.25, 0.3) is 0 Å². The molecule has 2 aliphatic heterocycles. The van der Waals surface area contributed by atoms with Gasteiger partial charge in [0.05, 0.1) is 0 Å². The Labute approximate surface area is 242 Å². The number of carbonyl (C=O) groups excluding carboxylic acids is 4. The van der Waals surface area contributed by atoms with Gasteiger partial charge in [0.1, 0.15) is 18.2 Å². The first-order chi connectivity index (χ1) is 19.9. The second kappa shape index (κ2) is 14.7. The molecule has 2 fully saturated rings. The van der Waals surface area contributed by atoms with Crippen molar-refractivity contribution < 1.29 is 23.9 Å². The van der Waals surface area contributed by atoms with E-state index in [0.29, 0.717) is 71.1 Å². The largest absolute Gasteiger partial charge is 0.445 e. The molecule has 2 heterocycles. The molecule has 9 nitrogen and oxygen atoms in total. The number of benzene rings is 2. The van der Waals surface area contributed by atoms with Crippen molar-refractivity contribution in [3.8, 4) is 0 Å². The van der Waals surface area contributed by atoms with Crippen LogP contribution in [0.15, 0.2) is 60.7 Å². The number of likely N-dealkylation sites (tertiary alicyclic amines) is 1. The van der Waals surface area contributed by atoms with Crippen molar-refractivity contribution in [2.75, 3.05) is 26.2 Å². The van der Waals surface area contributed by atoms with Crippen LogP contribution in [0.5, 0.6) is 0 Å². The summed E-state index contributed by atoms with van der Waals surface area (Å²) in [5.74, 6) is -0.0798. The van der Waals surface area contributed by atoms with E-state index in [2.05, 4.69) is 10.6 Å². The standard InChI is InChI=1S/C32H42N4O5/c1-2-21-36-29(38)27(15-9-10-20-33-31(40)41-24-26-13-7-4-8-14-26)34-30(39)32(36)18-22-35(23-19-32)28(37)17-16-25-11-5-3-6-12-25/h3-8,11-14,27H,2,9-10,15-24H2,1H3,(H,33,40)(H,34,39). The highest BCUT2D eigenvalue weighted by Crippen LogP contribution is 2.34. The number of aryl methyl sites for hydroxylation is 1. The Balaban J connectivity index is 1.22. The third kappa shape index (κ3) is 7.86. The smallest absolute Gasteiger partial charge is 0.407 e. The summed E-state index contributed by atoms with van der Waals surface area (Å²) in [4.78, 5) is 55.5. The molecule has 0 radical (unpaired) electrons. The van der Waals surface area contributed by atoms with Crippen molar-refractivity contribution in [2.24, 2.45) is 0 Å². The number of hydrogen-bond acceptors (Lipinski definition) is 5. The van der Waals surface area contributed by atoms with Gasteiger partial charge in [-0.1, -0.05) is 67.6 Å². The number of alkyl carbamates (subject to hydrolysis) is 1. The Morgan fingerprint density at radius 2 is 1.63 bits per heavy atom. The van der Waals surface area contributed by atoms with Gasteiger partial charge in [0.2, 0.25) is 17.7 Å². The summed E-state index contributed by atoms with van der Waals surface area (Å²) in [6.07, 6.45) is 4.14. The van der Waals surface area contributed by atoms with Crippen LogP contribution in [-0.2, 0) is 32.1 Å². The van der Waals surface area contributed by atoms with E-state index in [0.717, 1.165) is 17.5 Å². The zero-order valence-corrected chi connectivity index (χ0v) is 24.0. The Morgan fingerprint density at radius 1 is 0.976 bits per heavy atom. The fraction of sp³-hybridized carbons (Fsp3) is 0.500.